The van der Waals surface area contributed by atoms with Gasteiger partial charge in [-0.05, 0) is 80.3 Å². The van der Waals surface area contributed by atoms with E-state index in [1.165, 1.54) is 4.90 Å². The highest BCUT2D eigenvalue weighted by atomic mass is 32.1. The molecular formula is C57H74N10O8S. The van der Waals surface area contributed by atoms with E-state index >= 15 is 0 Å². The number of aliphatic hydroxyl groups excluding tert-OH is 1. The number of nitrogens with zero attached hydrogens (tertiary/aromatic N) is 7. The largest absolute Gasteiger partial charge is 0.507 e. The predicted molar refractivity (Wildman–Crippen MR) is 294 cm³/mol. The number of nitrogens with two attached hydrogens (primary N) is 1. The SMILES string of the molecule is Cc1ncsc1-c1ccc([C@H](C)NC(=O)[C@@H]2C[C@@H](O)CN2C(=O)[C@@H](NC(=O)CCCCCC(=O)N2CCN(CCOc3cccc(N4CCCC(Oc5cc(-c6ccccc6O)nnc5N)C4)c3)CC2)C(C)(C)C)cc1. The lowest BCUT2D eigenvalue weighted by molar-refractivity contribution is -0.144. The molecule has 0 radical (unpaired) electrons. The number of benzene rings is 3. The van der Waals surface area contributed by atoms with Gasteiger partial charge in [0.1, 0.15) is 42.0 Å². The molecular weight excluding hydrogens is 985 g/mol. The molecule has 0 spiro atoms. The number of hydrogen-bond donors (Lipinski definition) is 5. The summed E-state index contributed by atoms with van der Waals surface area (Å²) in [5, 5.41) is 35.3. The number of aryl methyl sites for hydroxylation is 1. The number of aliphatic hydroxyl groups is 1. The van der Waals surface area contributed by atoms with E-state index in [9.17, 15) is 29.4 Å². The Morgan fingerprint density at radius 3 is 2.39 bits per heavy atom. The van der Waals surface area contributed by atoms with Crippen molar-refractivity contribution in [1.29, 1.82) is 0 Å². The first kappa shape index (κ1) is 55.4. The van der Waals surface area contributed by atoms with Crippen molar-refractivity contribution in [3.8, 4) is 38.9 Å². The molecule has 0 aliphatic carbocycles. The number of nitrogens with one attached hydrogen (secondary N) is 2. The van der Waals surface area contributed by atoms with Crippen LogP contribution in [0, 0.1) is 12.3 Å². The fourth-order valence-corrected chi connectivity index (χ4v) is 11.0. The van der Waals surface area contributed by atoms with E-state index < -0.39 is 29.5 Å². The smallest absolute Gasteiger partial charge is 0.246 e. The number of unbranched alkanes of at least 4 members (excludes halogenated alkanes) is 2. The van der Waals surface area contributed by atoms with Crippen LogP contribution in [0.4, 0.5) is 11.5 Å². The molecule has 5 aromatic rings. The van der Waals surface area contributed by atoms with Crippen molar-refractivity contribution < 1.29 is 38.9 Å². The minimum atomic E-state index is -0.911. The van der Waals surface area contributed by atoms with Gasteiger partial charge in [-0.15, -0.1) is 21.5 Å². The molecule has 1 unspecified atom stereocenters. The van der Waals surface area contributed by atoms with E-state index in [4.69, 9.17) is 15.2 Å². The van der Waals surface area contributed by atoms with Crippen LogP contribution in [0.1, 0.15) is 96.4 Å². The minimum absolute atomic E-state index is 0.00109. The van der Waals surface area contributed by atoms with Crippen molar-refractivity contribution in [3.05, 3.63) is 95.6 Å². The number of ether oxygens (including phenoxy) is 2. The summed E-state index contributed by atoms with van der Waals surface area (Å²) in [5.41, 5.74) is 12.3. The van der Waals surface area contributed by atoms with Crippen LogP contribution in [-0.2, 0) is 19.2 Å². The molecule has 4 amide bonds. The first-order valence-corrected chi connectivity index (χ1v) is 27.5. The second-order valence-corrected chi connectivity index (χ2v) is 22.2. The van der Waals surface area contributed by atoms with Gasteiger partial charge in [-0.1, -0.05) is 69.7 Å². The highest BCUT2D eigenvalue weighted by Gasteiger charge is 2.45. The Morgan fingerprint density at radius 2 is 1.66 bits per heavy atom. The van der Waals surface area contributed by atoms with Crippen molar-refractivity contribution in [2.45, 2.75) is 116 Å². The Hall–Kier alpha value is -6.83. The molecule has 2 aromatic heterocycles. The Bertz CT molecular complexity index is 2780. The molecule has 19 heteroatoms. The first-order chi connectivity index (χ1) is 36.5. The van der Waals surface area contributed by atoms with Gasteiger partial charge >= 0.3 is 0 Å². The normalized spacial score (nSPS) is 19.0. The van der Waals surface area contributed by atoms with E-state index in [0.717, 1.165) is 72.2 Å². The Kier molecular flexibility index (Phi) is 18.5. The standard InChI is InChI=1S/C57H74N10O8S/c1-37(39-20-22-40(23-21-39)52-38(2)59-36-76-52)60-55(72)47-32-42(68)34-67(47)56(73)53(57(3,4)5)61-50(70)18-7-6-8-19-51(71)65-27-25-64(26-28-65)29-30-74-43-14-11-13-41(31-43)66-24-12-15-44(35-66)75-49-33-46(62-63-54(49)58)45-16-9-10-17-48(45)69/h9-11,13-14,16-17,20-23,31,33,36-37,42,44,47,53,68-69H,6-8,12,15,18-19,24-30,32,34-35H2,1-5H3,(H2,58,63)(H,60,72)(H,61,70)/t37-,42+,44?,47-,53+/m0/s1. The van der Waals surface area contributed by atoms with Gasteiger partial charge in [0.05, 0.1) is 34.8 Å². The zero-order valence-corrected chi connectivity index (χ0v) is 45.3. The molecule has 76 heavy (non-hydrogen) atoms. The van der Waals surface area contributed by atoms with Crippen molar-refractivity contribution in [2.24, 2.45) is 5.41 Å². The minimum Gasteiger partial charge on any atom is -0.507 e. The van der Waals surface area contributed by atoms with Crippen LogP contribution in [0.2, 0.25) is 0 Å². The van der Waals surface area contributed by atoms with Crippen LogP contribution in [0.15, 0.2) is 84.4 Å². The highest BCUT2D eigenvalue weighted by Crippen LogP contribution is 2.34. The monoisotopic (exact) mass is 1060 g/mol. The lowest BCUT2D eigenvalue weighted by Crippen LogP contribution is -2.57. The Labute approximate surface area is 450 Å². The van der Waals surface area contributed by atoms with Crippen molar-refractivity contribution in [3.63, 3.8) is 0 Å². The van der Waals surface area contributed by atoms with Crippen LogP contribution >= 0.6 is 11.3 Å². The zero-order chi connectivity index (χ0) is 53.9. The van der Waals surface area contributed by atoms with Gasteiger partial charge in [-0.3, -0.25) is 24.1 Å². The Morgan fingerprint density at radius 1 is 0.895 bits per heavy atom. The number of anilines is 2. The van der Waals surface area contributed by atoms with Gasteiger partial charge in [0.25, 0.3) is 0 Å². The molecule has 3 aliphatic heterocycles. The maximum absolute atomic E-state index is 14.2. The lowest BCUT2D eigenvalue weighted by atomic mass is 9.85. The molecule has 5 atom stereocenters. The summed E-state index contributed by atoms with van der Waals surface area (Å²) in [6.45, 7) is 15.1. The lowest BCUT2D eigenvalue weighted by Gasteiger charge is -2.35. The average molecular weight is 1060 g/mol. The maximum Gasteiger partial charge on any atom is 0.246 e. The summed E-state index contributed by atoms with van der Waals surface area (Å²) >= 11 is 1.58. The fraction of sp³-hybridized carbons (Fsp3) is 0.491. The molecule has 5 heterocycles. The van der Waals surface area contributed by atoms with Crippen LogP contribution in [0.3, 0.4) is 0 Å². The number of piperazine rings is 1. The quantitative estimate of drug-likeness (QED) is 0.0508. The maximum atomic E-state index is 14.2. The molecule has 3 aromatic carbocycles. The van der Waals surface area contributed by atoms with Crippen molar-refractivity contribution in [2.75, 3.05) is 69.6 Å². The third-order valence-electron chi connectivity index (χ3n) is 14.6. The number of amides is 4. The second-order valence-electron chi connectivity index (χ2n) is 21.3. The molecule has 3 saturated heterocycles. The molecule has 0 saturated carbocycles. The number of phenolic OH excluding ortho intramolecular Hbond substituents is 1. The van der Waals surface area contributed by atoms with Crippen molar-refractivity contribution in [1.82, 2.24) is 40.5 Å². The van der Waals surface area contributed by atoms with Gasteiger partial charge in [-0.25, -0.2) is 4.98 Å². The topological polar surface area (TPSA) is 229 Å². The number of carbonyl (C=O) groups excluding carboxylic acids is 4. The molecule has 406 valence electrons. The number of aromatic hydroxyl groups is 1. The summed E-state index contributed by atoms with van der Waals surface area (Å²) in [6.07, 6.45) is 3.41. The number of piperidine rings is 1. The van der Waals surface area contributed by atoms with Gasteiger partial charge in [0, 0.05) is 88.5 Å². The number of para-hydroxylation sites is 1. The summed E-state index contributed by atoms with van der Waals surface area (Å²) < 4.78 is 12.6. The number of phenols is 1. The van der Waals surface area contributed by atoms with E-state index in [1.54, 1.807) is 35.6 Å². The van der Waals surface area contributed by atoms with Gasteiger partial charge in [0.15, 0.2) is 11.6 Å². The number of likely N-dealkylation sites (tertiary alicyclic amines) is 1. The summed E-state index contributed by atoms with van der Waals surface area (Å²) in [7, 11) is 0. The second kappa shape index (κ2) is 25.3. The predicted octanol–water partition coefficient (Wildman–Crippen LogP) is 6.75. The number of nitrogen functional groups attached to an aromatic ring is 1. The third kappa shape index (κ3) is 14.3. The number of rotatable bonds is 20. The first-order valence-electron chi connectivity index (χ1n) is 26.7. The van der Waals surface area contributed by atoms with E-state index in [2.05, 4.69) is 47.7 Å². The number of aromatic nitrogens is 3. The van der Waals surface area contributed by atoms with Crippen LogP contribution < -0.4 is 30.7 Å². The van der Waals surface area contributed by atoms with Crippen LogP contribution in [0.25, 0.3) is 21.7 Å². The average Bonchev–Trinajstić information content (AvgIpc) is 4.05. The highest BCUT2D eigenvalue weighted by molar-refractivity contribution is 7.13. The molecule has 8 rings (SSSR count). The van der Waals surface area contributed by atoms with Crippen LogP contribution in [0.5, 0.6) is 17.2 Å². The Balaban J connectivity index is 0.715. The van der Waals surface area contributed by atoms with E-state index in [1.807, 2.05) is 87.5 Å². The summed E-state index contributed by atoms with van der Waals surface area (Å²) in [5.74, 6) is 0.612. The summed E-state index contributed by atoms with van der Waals surface area (Å²) in [6, 6.07) is 22.6. The molecule has 0 bridgehead atoms. The molecule has 3 aliphatic rings. The van der Waals surface area contributed by atoms with E-state index in [0.29, 0.717) is 68.9 Å². The molecule has 18 nitrogen and oxygen atoms in total. The number of β-amino-alcohol motifs (C(OH)–C–C–N with tert-alkyl or cyclic N) is 1. The zero-order valence-electron chi connectivity index (χ0n) is 44.5. The molecule has 6 N–H and O–H groups in total. The molecule has 3 fully saturated rings. The van der Waals surface area contributed by atoms with Gasteiger partial charge in [0.2, 0.25) is 23.6 Å². The van der Waals surface area contributed by atoms with Gasteiger partial charge < -0.3 is 50.8 Å². The third-order valence-corrected chi connectivity index (χ3v) is 15.6. The van der Waals surface area contributed by atoms with Crippen LogP contribution in [-0.4, -0.2) is 147 Å². The number of thiazole rings is 1. The fourth-order valence-electron chi connectivity index (χ4n) is 10.2. The van der Waals surface area contributed by atoms with Gasteiger partial charge in [-0.2, -0.15) is 0 Å². The van der Waals surface area contributed by atoms with Crippen molar-refractivity contribution >= 4 is 46.5 Å². The number of hydrogen-bond acceptors (Lipinski definition) is 15. The van der Waals surface area contributed by atoms with E-state index in [-0.39, 0.29) is 60.8 Å². The summed E-state index contributed by atoms with van der Waals surface area (Å²) in [4.78, 5) is 67.8. The number of carbonyl (C=O) groups is 4.